The predicted molar refractivity (Wildman–Crippen MR) is 81.1 cm³/mol. The maximum atomic E-state index is 13.2. The Bertz CT molecular complexity index is 728. The summed E-state index contributed by atoms with van der Waals surface area (Å²) in [5, 5.41) is 2.55. The van der Waals surface area contributed by atoms with Gasteiger partial charge in [-0.05, 0) is 30.3 Å². The number of carbonyl (C=O) groups excluding carboxylic acids is 1. The maximum absolute atomic E-state index is 13.2. The van der Waals surface area contributed by atoms with Crippen molar-refractivity contribution in [2.24, 2.45) is 0 Å². The van der Waals surface area contributed by atoms with Crippen molar-refractivity contribution >= 4 is 11.6 Å². The summed E-state index contributed by atoms with van der Waals surface area (Å²) in [5.74, 6) is -0.932. The van der Waals surface area contributed by atoms with Crippen LogP contribution < -0.4 is 10.1 Å². The van der Waals surface area contributed by atoms with Crippen molar-refractivity contribution in [1.82, 2.24) is 0 Å². The van der Waals surface area contributed by atoms with Gasteiger partial charge in [0.2, 0.25) is 0 Å². The molecule has 0 bridgehead atoms. The molecule has 126 valence electrons. The van der Waals surface area contributed by atoms with Crippen LogP contribution >= 0.6 is 0 Å². The monoisotopic (exact) mass is 337 g/mol. The number of rotatable bonds is 5. The first-order valence-corrected chi connectivity index (χ1v) is 7.25. The third kappa shape index (κ3) is 4.05. The Morgan fingerprint density at radius 3 is 2.54 bits per heavy atom. The number of nitrogens with one attached hydrogen (secondary N) is 1. The Kier molecular flexibility index (Phi) is 4.44. The van der Waals surface area contributed by atoms with E-state index in [1.165, 1.54) is 6.07 Å². The summed E-state index contributed by atoms with van der Waals surface area (Å²) < 4.78 is 49.7. The van der Waals surface area contributed by atoms with Gasteiger partial charge >= 0.3 is 6.18 Å². The van der Waals surface area contributed by atoms with Crippen LogP contribution in [0.4, 0.5) is 18.9 Å². The summed E-state index contributed by atoms with van der Waals surface area (Å²) in [5.41, 5.74) is -0.577. The van der Waals surface area contributed by atoms with Crippen LogP contribution in [-0.2, 0) is 10.9 Å². The van der Waals surface area contributed by atoms with Crippen LogP contribution in [0.25, 0.3) is 0 Å². The quantitative estimate of drug-likeness (QED) is 0.846. The number of ether oxygens (including phenoxy) is 2. The van der Waals surface area contributed by atoms with Gasteiger partial charge in [0.25, 0.3) is 5.91 Å². The summed E-state index contributed by atoms with van der Waals surface area (Å²) in [7, 11) is 0. The van der Waals surface area contributed by atoms with Gasteiger partial charge in [-0.15, -0.1) is 0 Å². The maximum Gasteiger partial charge on any atom is 0.419 e. The van der Waals surface area contributed by atoms with Crippen molar-refractivity contribution in [2.75, 3.05) is 18.5 Å². The minimum absolute atomic E-state index is 0.0542. The third-order valence-corrected chi connectivity index (χ3v) is 3.41. The van der Waals surface area contributed by atoms with E-state index in [2.05, 4.69) is 5.32 Å². The number of alkyl halides is 3. The molecular weight excluding hydrogens is 323 g/mol. The molecule has 1 atom stereocenters. The average molecular weight is 337 g/mol. The van der Waals surface area contributed by atoms with Crippen LogP contribution in [0.15, 0.2) is 48.5 Å². The van der Waals surface area contributed by atoms with Gasteiger partial charge in [0.05, 0.1) is 12.2 Å². The highest BCUT2D eigenvalue weighted by Crippen LogP contribution is 2.37. The zero-order valence-corrected chi connectivity index (χ0v) is 12.5. The number of halogens is 3. The van der Waals surface area contributed by atoms with Crippen molar-refractivity contribution < 1.29 is 27.4 Å². The SMILES string of the molecule is O=C(Nc1ccccc1)c1ccc(OCC2CO2)c(C(F)(F)F)c1. The van der Waals surface area contributed by atoms with E-state index in [0.717, 1.165) is 12.1 Å². The lowest BCUT2D eigenvalue weighted by Crippen LogP contribution is -2.16. The number of carbonyl (C=O) groups is 1. The number of amides is 1. The molecule has 0 saturated carbocycles. The van der Waals surface area contributed by atoms with E-state index in [9.17, 15) is 18.0 Å². The summed E-state index contributed by atoms with van der Waals surface area (Å²) in [6.07, 6.45) is -4.78. The number of benzene rings is 2. The van der Waals surface area contributed by atoms with Gasteiger partial charge in [-0.25, -0.2) is 0 Å². The lowest BCUT2D eigenvalue weighted by Gasteiger charge is -2.15. The van der Waals surface area contributed by atoms with E-state index in [0.29, 0.717) is 12.3 Å². The summed E-state index contributed by atoms with van der Waals surface area (Å²) >= 11 is 0. The van der Waals surface area contributed by atoms with Gasteiger partial charge in [-0.2, -0.15) is 13.2 Å². The molecule has 4 nitrogen and oxygen atoms in total. The topological polar surface area (TPSA) is 50.9 Å². The lowest BCUT2D eigenvalue weighted by atomic mass is 10.1. The van der Waals surface area contributed by atoms with Gasteiger partial charge in [0, 0.05) is 11.3 Å². The third-order valence-electron chi connectivity index (χ3n) is 3.41. The van der Waals surface area contributed by atoms with Gasteiger partial charge < -0.3 is 14.8 Å². The molecule has 0 aliphatic carbocycles. The Labute approximate surface area is 136 Å². The molecule has 1 saturated heterocycles. The van der Waals surface area contributed by atoms with Crippen LogP contribution in [0, 0.1) is 0 Å². The van der Waals surface area contributed by atoms with E-state index in [4.69, 9.17) is 9.47 Å². The Morgan fingerprint density at radius 1 is 1.21 bits per heavy atom. The van der Waals surface area contributed by atoms with Crippen LogP contribution in [0.2, 0.25) is 0 Å². The van der Waals surface area contributed by atoms with Crippen molar-refractivity contribution in [3.63, 3.8) is 0 Å². The number of anilines is 1. The molecule has 1 fully saturated rings. The second kappa shape index (κ2) is 6.52. The molecule has 1 aliphatic rings. The molecule has 24 heavy (non-hydrogen) atoms. The molecule has 7 heteroatoms. The van der Waals surface area contributed by atoms with Crippen molar-refractivity contribution in [2.45, 2.75) is 12.3 Å². The van der Waals surface area contributed by atoms with E-state index < -0.39 is 17.6 Å². The fourth-order valence-electron chi connectivity index (χ4n) is 2.09. The Hall–Kier alpha value is -2.54. The molecule has 2 aromatic rings. The molecule has 1 aliphatic heterocycles. The standard InChI is InChI=1S/C17H14F3NO3/c18-17(19,20)14-8-11(6-7-15(14)24-10-13-9-23-13)16(22)21-12-4-2-1-3-5-12/h1-8,13H,9-10H2,(H,21,22). The molecule has 0 spiro atoms. The fourth-order valence-corrected chi connectivity index (χ4v) is 2.09. The van der Waals surface area contributed by atoms with Crippen molar-refractivity contribution in [3.8, 4) is 5.75 Å². The van der Waals surface area contributed by atoms with Crippen molar-refractivity contribution in [1.29, 1.82) is 0 Å². The largest absolute Gasteiger partial charge is 0.490 e. The number of hydrogen-bond donors (Lipinski definition) is 1. The normalized spacial score (nSPS) is 16.5. The zero-order chi connectivity index (χ0) is 17.2. The first-order valence-electron chi connectivity index (χ1n) is 7.25. The minimum atomic E-state index is -4.62. The van der Waals surface area contributed by atoms with Crippen LogP contribution in [0.3, 0.4) is 0 Å². The van der Waals surface area contributed by atoms with E-state index in [1.54, 1.807) is 30.3 Å². The molecule has 1 heterocycles. The molecule has 1 amide bonds. The highest BCUT2D eigenvalue weighted by molar-refractivity contribution is 6.04. The first kappa shape index (κ1) is 16.3. The van der Waals surface area contributed by atoms with E-state index in [1.807, 2.05) is 0 Å². The van der Waals surface area contributed by atoms with Gasteiger partial charge in [0.15, 0.2) is 0 Å². The summed E-state index contributed by atoms with van der Waals surface area (Å²) in [6, 6.07) is 11.8. The molecule has 3 rings (SSSR count). The van der Waals surface area contributed by atoms with Gasteiger partial charge in [-0.1, -0.05) is 18.2 Å². The molecule has 0 aromatic heterocycles. The van der Waals surface area contributed by atoms with Crippen LogP contribution in [0.1, 0.15) is 15.9 Å². The van der Waals surface area contributed by atoms with Gasteiger partial charge in [0.1, 0.15) is 18.5 Å². The number of para-hydroxylation sites is 1. The summed E-state index contributed by atoms with van der Waals surface area (Å²) in [4.78, 5) is 12.1. The molecule has 1 unspecified atom stereocenters. The zero-order valence-electron chi connectivity index (χ0n) is 12.5. The van der Waals surface area contributed by atoms with E-state index in [-0.39, 0.29) is 24.0 Å². The van der Waals surface area contributed by atoms with E-state index >= 15 is 0 Å². The Balaban J connectivity index is 1.81. The van der Waals surface area contributed by atoms with Crippen molar-refractivity contribution in [3.05, 3.63) is 59.7 Å². The average Bonchev–Trinajstić information content (AvgIpc) is 3.37. The summed E-state index contributed by atoms with van der Waals surface area (Å²) in [6.45, 7) is 0.539. The van der Waals surface area contributed by atoms with Crippen LogP contribution in [0.5, 0.6) is 5.75 Å². The second-order valence-electron chi connectivity index (χ2n) is 5.30. The first-order chi connectivity index (χ1) is 11.4. The Morgan fingerprint density at radius 2 is 1.92 bits per heavy atom. The van der Waals surface area contributed by atoms with Crippen LogP contribution in [-0.4, -0.2) is 25.2 Å². The lowest BCUT2D eigenvalue weighted by molar-refractivity contribution is -0.139. The molecule has 2 aromatic carbocycles. The molecular formula is C17H14F3NO3. The highest BCUT2D eigenvalue weighted by atomic mass is 19.4. The fraction of sp³-hybridized carbons (Fsp3) is 0.235. The van der Waals surface area contributed by atoms with Gasteiger partial charge in [-0.3, -0.25) is 4.79 Å². The number of hydrogen-bond acceptors (Lipinski definition) is 3. The molecule has 1 N–H and O–H groups in total. The smallest absolute Gasteiger partial charge is 0.419 e. The molecule has 0 radical (unpaired) electrons. The second-order valence-corrected chi connectivity index (χ2v) is 5.30. The number of epoxide rings is 1. The predicted octanol–water partition coefficient (Wildman–Crippen LogP) is 3.74. The minimum Gasteiger partial charge on any atom is -0.490 e. The highest BCUT2D eigenvalue weighted by Gasteiger charge is 2.36.